The van der Waals surface area contributed by atoms with Crippen molar-refractivity contribution < 1.29 is 14.7 Å². The van der Waals surface area contributed by atoms with E-state index >= 15 is 0 Å². The van der Waals surface area contributed by atoms with E-state index in [1.54, 1.807) is 6.07 Å². The molecule has 2 heterocycles. The minimum Gasteiger partial charge on any atom is -0.480 e. The Bertz CT molecular complexity index is 847. The summed E-state index contributed by atoms with van der Waals surface area (Å²) >= 11 is 0. The van der Waals surface area contributed by atoms with Crippen LogP contribution < -0.4 is 0 Å². The van der Waals surface area contributed by atoms with Crippen molar-refractivity contribution in [2.45, 2.75) is 32.4 Å². The van der Waals surface area contributed by atoms with Crippen molar-refractivity contribution in [1.29, 1.82) is 0 Å². The summed E-state index contributed by atoms with van der Waals surface area (Å²) in [6, 6.07) is 6.79. The standard InChI is InChI=1S/C19H23N3O3/c1-11-5-6-16-14(7-11)15(8-12(2)20-16)18(23)22-10-13(21(3)4)9-17(22)19(24)25/h5-8,13,17H,9-10H2,1-4H3,(H,24,25). The number of pyridine rings is 1. The molecule has 1 aliphatic heterocycles. The molecule has 2 atom stereocenters. The number of aromatic nitrogens is 1. The van der Waals surface area contributed by atoms with Crippen LogP contribution in [0.2, 0.25) is 0 Å². The van der Waals surface area contributed by atoms with Gasteiger partial charge in [-0.2, -0.15) is 0 Å². The van der Waals surface area contributed by atoms with Gasteiger partial charge in [-0.25, -0.2) is 4.79 Å². The highest BCUT2D eigenvalue weighted by molar-refractivity contribution is 6.07. The van der Waals surface area contributed by atoms with Gasteiger partial charge in [0.1, 0.15) is 6.04 Å². The number of fused-ring (bicyclic) bond motifs is 1. The second kappa shape index (κ2) is 6.44. The third-order valence-electron chi connectivity index (χ3n) is 4.88. The Hall–Kier alpha value is -2.47. The number of nitrogens with zero attached hydrogens (tertiary/aromatic N) is 3. The first-order valence-corrected chi connectivity index (χ1v) is 8.36. The zero-order valence-electron chi connectivity index (χ0n) is 15.0. The van der Waals surface area contributed by atoms with Gasteiger partial charge in [0, 0.05) is 23.7 Å². The fourth-order valence-electron chi connectivity index (χ4n) is 3.45. The van der Waals surface area contributed by atoms with Crippen LogP contribution in [0.5, 0.6) is 0 Å². The summed E-state index contributed by atoms with van der Waals surface area (Å²) in [7, 11) is 3.82. The molecule has 0 radical (unpaired) electrons. The van der Waals surface area contributed by atoms with Crippen molar-refractivity contribution in [2.75, 3.05) is 20.6 Å². The number of aryl methyl sites for hydroxylation is 2. The molecule has 1 aromatic carbocycles. The molecule has 6 heteroatoms. The first kappa shape index (κ1) is 17.4. The SMILES string of the molecule is Cc1ccc2nc(C)cc(C(=O)N3CC(N(C)C)CC3C(=O)O)c2c1. The largest absolute Gasteiger partial charge is 0.480 e. The molecule has 0 saturated carbocycles. The molecule has 0 bridgehead atoms. The smallest absolute Gasteiger partial charge is 0.326 e. The van der Waals surface area contributed by atoms with Crippen LogP contribution in [0, 0.1) is 13.8 Å². The summed E-state index contributed by atoms with van der Waals surface area (Å²) < 4.78 is 0. The van der Waals surface area contributed by atoms with E-state index in [4.69, 9.17) is 0 Å². The van der Waals surface area contributed by atoms with E-state index in [-0.39, 0.29) is 11.9 Å². The number of hydrogen-bond acceptors (Lipinski definition) is 4. The molecule has 1 aromatic heterocycles. The van der Waals surface area contributed by atoms with Crippen LogP contribution in [-0.2, 0) is 4.79 Å². The minimum absolute atomic E-state index is 0.0426. The number of carbonyl (C=O) groups is 2. The lowest BCUT2D eigenvalue weighted by Gasteiger charge is -2.23. The molecule has 3 rings (SSSR count). The third-order valence-corrected chi connectivity index (χ3v) is 4.88. The normalized spacial score (nSPS) is 20.4. The molecule has 25 heavy (non-hydrogen) atoms. The van der Waals surface area contributed by atoms with Gasteiger partial charge in [0.15, 0.2) is 0 Å². The van der Waals surface area contributed by atoms with Gasteiger partial charge in [-0.3, -0.25) is 9.78 Å². The van der Waals surface area contributed by atoms with Gasteiger partial charge < -0.3 is 14.9 Å². The lowest BCUT2D eigenvalue weighted by atomic mass is 10.0. The van der Waals surface area contributed by atoms with Gasteiger partial charge in [-0.05, 0) is 52.6 Å². The van der Waals surface area contributed by atoms with Crippen molar-refractivity contribution in [2.24, 2.45) is 0 Å². The maximum atomic E-state index is 13.2. The van der Waals surface area contributed by atoms with Crippen LogP contribution in [0.15, 0.2) is 24.3 Å². The van der Waals surface area contributed by atoms with E-state index in [1.807, 2.05) is 51.0 Å². The van der Waals surface area contributed by atoms with Crippen LogP contribution in [0.3, 0.4) is 0 Å². The van der Waals surface area contributed by atoms with Crippen molar-refractivity contribution in [3.8, 4) is 0 Å². The number of rotatable bonds is 3. The second-order valence-electron chi connectivity index (χ2n) is 7.00. The lowest BCUT2D eigenvalue weighted by molar-refractivity contribution is -0.141. The Morgan fingerprint density at radius 1 is 1.24 bits per heavy atom. The number of likely N-dealkylation sites (tertiary alicyclic amines) is 1. The number of aliphatic carboxylic acids is 1. The fourth-order valence-corrected chi connectivity index (χ4v) is 3.45. The number of benzene rings is 1. The fraction of sp³-hybridized carbons (Fsp3) is 0.421. The zero-order chi connectivity index (χ0) is 18.3. The van der Waals surface area contributed by atoms with Crippen LogP contribution >= 0.6 is 0 Å². The highest BCUT2D eigenvalue weighted by Crippen LogP contribution is 2.27. The zero-order valence-corrected chi connectivity index (χ0v) is 15.0. The van der Waals surface area contributed by atoms with Crippen LogP contribution in [0.25, 0.3) is 10.9 Å². The van der Waals surface area contributed by atoms with E-state index in [2.05, 4.69) is 4.98 Å². The Morgan fingerprint density at radius 2 is 1.96 bits per heavy atom. The monoisotopic (exact) mass is 341 g/mol. The van der Waals surface area contributed by atoms with Gasteiger partial charge in [0.25, 0.3) is 5.91 Å². The van der Waals surface area contributed by atoms with Crippen LogP contribution in [-0.4, -0.2) is 64.5 Å². The minimum atomic E-state index is -0.955. The van der Waals surface area contributed by atoms with E-state index in [0.717, 1.165) is 22.2 Å². The van der Waals surface area contributed by atoms with E-state index in [0.29, 0.717) is 18.5 Å². The summed E-state index contributed by atoms with van der Waals surface area (Å²) in [6.45, 7) is 4.22. The molecule has 1 amide bonds. The van der Waals surface area contributed by atoms with Crippen molar-refractivity contribution in [1.82, 2.24) is 14.8 Å². The van der Waals surface area contributed by atoms with E-state index in [1.165, 1.54) is 4.90 Å². The average molecular weight is 341 g/mol. The second-order valence-corrected chi connectivity index (χ2v) is 7.00. The summed E-state index contributed by atoms with van der Waals surface area (Å²) in [4.78, 5) is 32.9. The summed E-state index contributed by atoms with van der Waals surface area (Å²) in [5.74, 6) is -1.19. The maximum Gasteiger partial charge on any atom is 0.326 e. The Kier molecular flexibility index (Phi) is 4.47. The third kappa shape index (κ3) is 3.22. The van der Waals surface area contributed by atoms with Gasteiger partial charge in [0.2, 0.25) is 0 Å². The number of carbonyl (C=O) groups excluding carboxylic acids is 1. The predicted octanol–water partition coefficient (Wildman–Crippen LogP) is 2.08. The maximum absolute atomic E-state index is 13.2. The molecule has 2 unspecified atom stereocenters. The molecule has 1 aliphatic rings. The molecule has 1 fully saturated rings. The molecular weight excluding hydrogens is 318 g/mol. The van der Waals surface area contributed by atoms with Crippen molar-refractivity contribution in [3.05, 3.63) is 41.1 Å². The van der Waals surface area contributed by atoms with Gasteiger partial charge >= 0.3 is 5.97 Å². The van der Waals surface area contributed by atoms with E-state index < -0.39 is 12.0 Å². The Morgan fingerprint density at radius 3 is 2.60 bits per heavy atom. The number of amides is 1. The first-order chi connectivity index (χ1) is 11.8. The molecule has 1 saturated heterocycles. The quantitative estimate of drug-likeness (QED) is 0.925. The molecule has 132 valence electrons. The van der Waals surface area contributed by atoms with E-state index in [9.17, 15) is 14.7 Å². The molecule has 0 aliphatic carbocycles. The van der Waals surface area contributed by atoms with Crippen LogP contribution in [0.4, 0.5) is 0 Å². The number of likely N-dealkylation sites (N-methyl/N-ethyl adjacent to an activating group) is 1. The first-order valence-electron chi connectivity index (χ1n) is 8.36. The molecule has 1 N–H and O–H groups in total. The molecule has 0 spiro atoms. The topological polar surface area (TPSA) is 73.7 Å². The molecule has 6 nitrogen and oxygen atoms in total. The summed E-state index contributed by atoms with van der Waals surface area (Å²) in [6.07, 6.45) is 0.440. The molecule has 2 aromatic rings. The number of carboxylic acids is 1. The number of hydrogen-bond donors (Lipinski definition) is 1. The van der Waals surface area contributed by atoms with Crippen molar-refractivity contribution in [3.63, 3.8) is 0 Å². The van der Waals surface area contributed by atoms with Gasteiger partial charge in [0.05, 0.1) is 11.1 Å². The highest BCUT2D eigenvalue weighted by Gasteiger charge is 2.41. The lowest BCUT2D eigenvalue weighted by Crippen LogP contribution is -2.41. The number of carboxylic acid groups (broad SMARTS) is 1. The summed E-state index contributed by atoms with van der Waals surface area (Å²) in [5.41, 5.74) is 3.06. The predicted molar refractivity (Wildman–Crippen MR) is 95.8 cm³/mol. The van der Waals surface area contributed by atoms with Gasteiger partial charge in [-0.1, -0.05) is 11.6 Å². The molecular formula is C19H23N3O3. The summed E-state index contributed by atoms with van der Waals surface area (Å²) in [5, 5.41) is 10.3. The average Bonchev–Trinajstić information content (AvgIpc) is 2.99. The highest BCUT2D eigenvalue weighted by atomic mass is 16.4. The Labute approximate surface area is 147 Å². The van der Waals surface area contributed by atoms with Crippen LogP contribution in [0.1, 0.15) is 28.0 Å². The van der Waals surface area contributed by atoms with Gasteiger partial charge in [-0.15, -0.1) is 0 Å². The Balaban J connectivity index is 2.06. The van der Waals surface area contributed by atoms with Crippen molar-refractivity contribution >= 4 is 22.8 Å².